The van der Waals surface area contributed by atoms with Crippen LogP contribution in [-0.2, 0) is 17.7 Å². The van der Waals surface area contributed by atoms with Gasteiger partial charge < -0.3 is 24.8 Å². The molecule has 37 heavy (non-hydrogen) atoms. The molecule has 0 saturated carbocycles. The number of benzene rings is 1. The second-order valence-corrected chi connectivity index (χ2v) is 11.4. The summed E-state index contributed by atoms with van der Waals surface area (Å²) in [5.41, 5.74) is -2.96. The smallest absolute Gasteiger partial charge is 0.326 e. The maximum absolute atomic E-state index is 13.9. The Morgan fingerprint density at radius 3 is 2.51 bits per heavy atom. The van der Waals surface area contributed by atoms with Gasteiger partial charge in [-0.3, -0.25) is 23.8 Å². The van der Waals surface area contributed by atoms with Crippen LogP contribution in [0.15, 0.2) is 29.2 Å². The maximum Gasteiger partial charge on any atom is 0.326 e. The summed E-state index contributed by atoms with van der Waals surface area (Å²) in [6.07, 6.45) is 1.36. The minimum absolute atomic E-state index is 0.0115. The lowest BCUT2D eigenvalue weighted by Gasteiger charge is -2.45. The summed E-state index contributed by atoms with van der Waals surface area (Å²) in [7, 11) is -4.31. The SMILES string of the molecule is CCCN(CCP(=O)(O)O)C1Cn2cc(C(=O)NCc3ccc(F)cc3F)c(=O)c(O)c2C(=O)C1(C)C. The minimum atomic E-state index is -4.31. The third-order valence-electron chi connectivity index (χ3n) is 6.59. The number of aromatic hydroxyl groups is 1. The maximum atomic E-state index is 13.9. The van der Waals surface area contributed by atoms with Crippen LogP contribution in [-0.4, -0.2) is 61.3 Å². The third-order valence-corrected chi connectivity index (χ3v) is 7.37. The zero-order valence-electron chi connectivity index (χ0n) is 20.7. The predicted molar refractivity (Wildman–Crippen MR) is 131 cm³/mol. The lowest BCUT2D eigenvalue weighted by Crippen LogP contribution is -2.56. The van der Waals surface area contributed by atoms with Crippen LogP contribution in [0.4, 0.5) is 8.78 Å². The van der Waals surface area contributed by atoms with Gasteiger partial charge in [0.25, 0.3) is 5.91 Å². The molecule has 0 bridgehead atoms. The fourth-order valence-electron chi connectivity index (χ4n) is 4.54. The van der Waals surface area contributed by atoms with E-state index < -0.39 is 65.3 Å². The number of carbonyl (C=O) groups is 2. The molecule has 10 nitrogen and oxygen atoms in total. The normalized spacial score (nSPS) is 17.1. The molecule has 1 aromatic carbocycles. The molecule has 0 spiro atoms. The number of nitrogens with zero attached hydrogens (tertiary/aromatic N) is 2. The molecular formula is C24H30F2N3O7P. The fourth-order valence-corrected chi connectivity index (χ4v) is 5.06. The minimum Gasteiger partial charge on any atom is -0.503 e. The number of nitrogens with one attached hydrogen (secondary N) is 1. The third kappa shape index (κ3) is 6.15. The zero-order valence-corrected chi connectivity index (χ0v) is 21.6. The van der Waals surface area contributed by atoms with Gasteiger partial charge >= 0.3 is 7.60 Å². The monoisotopic (exact) mass is 541 g/mol. The molecule has 1 unspecified atom stereocenters. The van der Waals surface area contributed by atoms with Crippen molar-refractivity contribution in [2.75, 3.05) is 19.3 Å². The molecule has 13 heteroatoms. The van der Waals surface area contributed by atoms with Crippen molar-refractivity contribution in [1.29, 1.82) is 0 Å². The first kappa shape index (κ1) is 28.6. The molecule has 1 aromatic heterocycles. The number of fused-ring (bicyclic) bond motifs is 1. The van der Waals surface area contributed by atoms with E-state index in [1.54, 1.807) is 18.7 Å². The number of rotatable bonds is 9. The Bertz CT molecular complexity index is 1320. The summed E-state index contributed by atoms with van der Waals surface area (Å²) < 4.78 is 39.8. The number of ketones is 1. The number of pyridine rings is 1. The van der Waals surface area contributed by atoms with Gasteiger partial charge in [0.1, 0.15) is 22.9 Å². The average Bonchev–Trinajstić information content (AvgIpc) is 2.80. The largest absolute Gasteiger partial charge is 0.503 e. The number of aromatic nitrogens is 1. The Morgan fingerprint density at radius 1 is 1.24 bits per heavy atom. The second kappa shape index (κ2) is 10.8. The highest BCUT2D eigenvalue weighted by Gasteiger charge is 2.47. The van der Waals surface area contributed by atoms with E-state index in [1.165, 1.54) is 4.57 Å². The number of amides is 1. The number of hydrogen-bond acceptors (Lipinski definition) is 6. The Hall–Kier alpha value is -2.92. The lowest BCUT2D eigenvalue weighted by atomic mass is 9.75. The van der Waals surface area contributed by atoms with Gasteiger partial charge in [-0.15, -0.1) is 0 Å². The van der Waals surface area contributed by atoms with Gasteiger partial charge in [-0.2, -0.15) is 0 Å². The highest BCUT2D eigenvalue weighted by Crippen LogP contribution is 2.39. The second-order valence-electron chi connectivity index (χ2n) is 9.63. The first-order chi connectivity index (χ1) is 17.2. The van der Waals surface area contributed by atoms with Crippen LogP contribution < -0.4 is 10.7 Å². The first-order valence-corrected chi connectivity index (χ1v) is 13.5. The molecule has 0 saturated heterocycles. The van der Waals surface area contributed by atoms with Crippen molar-refractivity contribution in [3.05, 3.63) is 63.1 Å². The summed E-state index contributed by atoms with van der Waals surface area (Å²) in [6, 6.07) is 2.26. The number of hydrogen-bond donors (Lipinski definition) is 4. The molecule has 2 heterocycles. The van der Waals surface area contributed by atoms with E-state index in [9.17, 15) is 42.6 Å². The Morgan fingerprint density at radius 2 is 1.92 bits per heavy atom. The van der Waals surface area contributed by atoms with Gasteiger partial charge in [0.2, 0.25) is 5.43 Å². The van der Waals surface area contributed by atoms with Gasteiger partial charge in [0, 0.05) is 48.9 Å². The molecular weight excluding hydrogens is 511 g/mol. The van der Waals surface area contributed by atoms with Gasteiger partial charge in [-0.1, -0.05) is 26.8 Å². The molecule has 0 radical (unpaired) electrons. The van der Waals surface area contributed by atoms with Crippen molar-refractivity contribution in [2.45, 2.75) is 46.3 Å². The van der Waals surface area contributed by atoms with E-state index >= 15 is 0 Å². The standard InChI is InChI=1S/C24H30F2N3O7P/c1-4-7-28(8-9-37(34,35)36)18-13-29-12-16(20(30)21(31)19(29)22(32)24(18,2)3)23(33)27-11-14-5-6-15(25)10-17(14)26/h5-6,10,12,18,31H,4,7-9,11,13H2,1-3H3,(H,27,33)(H2,34,35,36). The molecule has 4 N–H and O–H groups in total. The molecule has 1 amide bonds. The van der Waals surface area contributed by atoms with Crippen LogP contribution in [0.1, 0.15) is 53.6 Å². The molecule has 1 aliphatic rings. The van der Waals surface area contributed by atoms with Gasteiger partial charge in [-0.25, -0.2) is 8.78 Å². The van der Waals surface area contributed by atoms with E-state index in [4.69, 9.17) is 0 Å². The van der Waals surface area contributed by atoms with Crippen molar-refractivity contribution < 1.29 is 37.8 Å². The molecule has 3 rings (SSSR count). The number of carbonyl (C=O) groups excluding carboxylic acids is 2. The van der Waals surface area contributed by atoms with Crippen molar-refractivity contribution in [2.24, 2.45) is 5.41 Å². The number of halogens is 2. The van der Waals surface area contributed by atoms with Crippen molar-refractivity contribution in [3.8, 4) is 5.75 Å². The van der Waals surface area contributed by atoms with Crippen LogP contribution in [0.3, 0.4) is 0 Å². The topological polar surface area (TPSA) is 149 Å². The Balaban J connectivity index is 1.95. The van der Waals surface area contributed by atoms with Crippen LogP contribution in [0.2, 0.25) is 0 Å². The van der Waals surface area contributed by atoms with E-state index in [0.717, 1.165) is 18.3 Å². The first-order valence-electron chi connectivity index (χ1n) is 11.7. The highest BCUT2D eigenvalue weighted by molar-refractivity contribution is 7.51. The molecule has 0 fully saturated rings. The number of Topliss-reactive ketones (excluding diaryl/α,β-unsaturated/α-hetero) is 1. The average molecular weight is 541 g/mol. The highest BCUT2D eigenvalue weighted by atomic mass is 31.2. The van der Waals surface area contributed by atoms with Crippen LogP contribution in [0.25, 0.3) is 0 Å². The predicted octanol–water partition coefficient (Wildman–Crippen LogP) is 2.24. The van der Waals surface area contributed by atoms with Crippen LogP contribution >= 0.6 is 7.60 Å². The van der Waals surface area contributed by atoms with Crippen molar-refractivity contribution >= 4 is 19.3 Å². The summed E-state index contributed by atoms with van der Waals surface area (Å²) in [4.78, 5) is 59.5. The summed E-state index contributed by atoms with van der Waals surface area (Å²) in [5.74, 6) is -4.05. The van der Waals surface area contributed by atoms with Crippen LogP contribution in [0, 0.1) is 17.0 Å². The Kier molecular flexibility index (Phi) is 8.38. The molecule has 0 aliphatic carbocycles. The van der Waals surface area contributed by atoms with E-state index in [-0.39, 0.29) is 30.9 Å². The molecule has 202 valence electrons. The fraction of sp³-hybridized carbons (Fsp3) is 0.458. The van der Waals surface area contributed by atoms with Crippen LogP contribution in [0.5, 0.6) is 5.75 Å². The van der Waals surface area contributed by atoms with Gasteiger partial charge in [0.05, 0.1) is 6.16 Å². The van der Waals surface area contributed by atoms with Gasteiger partial charge in [0.15, 0.2) is 11.5 Å². The summed E-state index contributed by atoms with van der Waals surface area (Å²) in [5, 5.41) is 13.0. The van der Waals surface area contributed by atoms with E-state index in [2.05, 4.69) is 5.32 Å². The van der Waals surface area contributed by atoms with Crippen molar-refractivity contribution in [1.82, 2.24) is 14.8 Å². The molecule has 1 aliphatic heterocycles. The van der Waals surface area contributed by atoms with Gasteiger partial charge in [-0.05, 0) is 19.0 Å². The molecule has 2 aromatic rings. The Labute approximate surface area is 212 Å². The zero-order chi connectivity index (χ0) is 27.7. The quantitative estimate of drug-likeness (QED) is 0.353. The lowest BCUT2D eigenvalue weighted by molar-refractivity contribution is 0.0420. The van der Waals surface area contributed by atoms with E-state index in [1.807, 2.05) is 6.92 Å². The summed E-state index contributed by atoms with van der Waals surface area (Å²) in [6.45, 7) is 5.28. The summed E-state index contributed by atoms with van der Waals surface area (Å²) >= 11 is 0. The van der Waals surface area contributed by atoms with E-state index in [0.29, 0.717) is 19.0 Å². The van der Waals surface area contributed by atoms with Crippen molar-refractivity contribution in [3.63, 3.8) is 0 Å². The molecule has 1 atom stereocenters.